The van der Waals surface area contributed by atoms with E-state index in [4.69, 9.17) is 16.7 Å². The summed E-state index contributed by atoms with van der Waals surface area (Å²) in [6, 6.07) is 4.54. The van der Waals surface area contributed by atoms with Gasteiger partial charge >= 0.3 is 5.97 Å². The molecule has 8 heteroatoms. The molecule has 2 rings (SSSR count). The molecule has 92 valence electrons. The van der Waals surface area contributed by atoms with Gasteiger partial charge in [-0.05, 0) is 34.7 Å². The van der Waals surface area contributed by atoms with Crippen molar-refractivity contribution in [3.05, 3.63) is 40.9 Å². The lowest BCUT2D eigenvalue weighted by molar-refractivity contribution is -0.134. The van der Waals surface area contributed by atoms with Crippen LogP contribution in [0.4, 0.5) is 4.39 Å². The van der Waals surface area contributed by atoms with Crippen LogP contribution in [-0.2, 0) is 4.79 Å². The van der Waals surface area contributed by atoms with Gasteiger partial charge in [0.1, 0.15) is 6.33 Å². The maximum absolute atomic E-state index is 13.1. The van der Waals surface area contributed by atoms with Crippen LogP contribution in [0.1, 0.15) is 5.56 Å². The van der Waals surface area contributed by atoms with Crippen LogP contribution in [0.15, 0.2) is 30.4 Å². The molecule has 1 aromatic heterocycles. The molecule has 6 nitrogen and oxygen atoms in total. The number of carbonyl (C=O) groups is 1. The summed E-state index contributed by atoms with van der Waals surface area (Å²) >= 11 is 5.78. The molecule has 0 saturated heterocycles. The van der Waals surface area contributed by atoms with Crippen molar-refractivity contribution < 1.29 is 14.3 Å². The summed E-state index contributed by atoms with van der Waals surface area (Å²) < 4.78 is 14.4. The number of hydrogen-bond donors (Lipinski definition) is 1. The Kier molecular flexibility index (Phi) is 3.33. The number of carboxylic acid groups (broad SMARTS) is 1. The Hall–Kier alpha value is -2.28. The first-order valence-corrected chi connectivity index (χ1v) is 5.09. The molecule has 0 aliphatic rings. The molecule has 0 spiro atoms. The Labute approximate surface area is 105 Å². The summed E-state index contributed by atoms with van der Waals surface area (Å²) in [6.07, 6.45) is 2.16. The molecule has 0 saturated carbocycles. The quantitative estimate of drug-likeness (QED) is 0.857. The lowest BCUT2D eigenvalue weighted by atomic mass is 10.1. The van der Waals surface area contributed by atoms with E-state index in [0.717, 1.165) is 6.08 Å². The highest BCUT2D eigenvalue weighted by atomic mass is 35.5. The topological polar surface area (TPSA) is 80.9 Å². The molecule has 18 heavy (non-hydrogen) atoms. The molecule has 1 N–H and O–H groups in total. The standard InChI is InChI=1S/C10H6ClFN4O2/c11-7-1-2-9(16-5-13-14-15-16)6(3-7)4-8(12)10(17)18/h1-5H,(H,17,18). The highest BCUT2D eigenvalue weighted by Crippen LogP contribution is 2.21. The molecule has 0 bridgehead atoms. The third kappa shape index (κ3) is 2.51. The predicted molar refractivity (Wildman–Crippen MR) is 60.9 cm³/mol. The third-order valence-electron chi connectivity index (χ3n) is 2.07. The zero-order valence-corrected chi connectivity index (χ0v) is 9.54. The molecule has 0 aliphatic carbocycles. The van der Waals surface area contributed by atoms with Crippen LogP contribution in [0.25, 0.3) is 11.8 Å². The van der Waals surface area contributed by atoms with Crippen molar-refractivity contribution in [2.75, 3.05) is 0 Å². The lowest BCUT2D eigenvalue weighted by Gasteiger charge is -2.05. The van der Waals surface area contributed by atoms with Gasteiger partial charge < -0.3 is 5.11 Å². The lowest BCUT2D eigenvalue weighted by Crippen LogP contribution is -2.00. The molecule has 0 amide bonds. The molecule has 0 radical (unpaired) electrons. The van der Waals surface area contributed by atoms with Crippen molar-refractivity contribution in [1.29, 1.82) is 0 Å². The Morgan fingerprint density at radius 2 is 2.28 bits per heavy atom. The number of hydrogen-bond acceptors (Lipinski definition) is 4. The van der Waals surface area contributed by atoms with Crippen molar-refractivity contribution in [2.24, 2.45) is 0 Å². The fraction of sp³-hybridized carbons (Fsp3) is 0. The van der Waals surface area contributed by atoms with Crippen LogP contribution < -0.4 is 0 Å². The van der Waals surface area contributed by atoms with Crippen molar-refractivity contribution in [3.63, 3.8) is 0 Å². The highest BCUT2D eigenvalue weighted by molar-refractivity contribution is 6.30. The summed E-state index contributed by atoms with van der Waals surface area (Å²) in [4.78, 5) is 10.5. The summed E-state index contributed by atoms with van der Waals surface area (Å²) in [5.41, 5.74) is 0.676. The van der Waals surface area contributed by atoms with E-state index in [1.807, 2.05) is 0 Å². The van der Waals surface area contributed by atoms with Crippen LogP contribution in [0.2, 0.25) is 5.02 Å². The van der Waals surface area contributed by atoms with E-state index in [1.165, 1.54) is 17.1 Å². The molecule has 0 unspecified atom stereocenters. The van der Waals surface area contributed by atoms with Gasteiger partial charge in [-0.1, -0.05) is 11.6 Å². The Morgan fingerprint density at radius 3 is 2.89 bits per heavy atom. The van der Waals surface area contributed by atoms with Gasteiger partial charge in [0.2, 0.25) is 5.83 Å². The monoisotopic (exact) mass is 268 g/mol. The zero-order valence-electron chi connectivity index (χ0n) is 8.79. The maximum Gasteiger partial charge on any atom is 0.364 e. The minimum absolute atomic E-state index is 0.259. The minimum Gasteiger partial charge on any atom is -0.476 e. The fourth-order valence-electron chi connectivity index (χ4n) is 1.32. The van der Waals surface area contributed by atoms with Gasteiger partial charge in [0.05, 0.1) is 5.69 Å². The largest absolute Gasteiger partial charge is 0.476 e. The van der Waals surface area contributed by atoms with Crippen molar-refractivity contribution in [2.45, 2.75) is 0 Å². The summed E-state index contributed by atoms with van der Waals surface area (Å²) in [6.45, 7) is 0. The van der Waals surface area contributed by atoms with Gasteiger partial charge in [-0.15, -0.1) is 5.10 Å². The first-order chi connectivity index (χ1) is 8.58. The molecule has 0 aliphatic heterocycles. The van der Waals surface area contributed by atoms with Crippen LogP contribution in [0.3, 0.4) is 0 Å². The molecule has 2 aromatic rings. The van der Waals surface area contributed by atoms with Crippen molar-refractivity contribution in [1.82, 2.24) is 20.2 Å². The van der Waals surface area contributed by atoms with Gasteiger partial charge in [-0.2, -0.15) is 9.07 Å². The van der Waals surface area contributed by atoms with E-state index in [-0.39, 0.29) is 5.56 Å². The molecule has 1 heterocycles. The second-order valence-corrected chi connectivity index (χ2v) is 3.69. The summed E-state index contributed by atoms with van der Waals surface area (Å²) in [7, 11) is 0. The SMILES string of the molecule is O=C(O)C(F)=Cc1cc(Cl)ccc1-n1cnnn1. The van der Waals surface area contributed by atoms with E-state index in [0.29, 0.717) is 10.7 Å². The van der Waals surface area contributed by atoms with Gasteiger partial charge in [-0.25, -0.2) is 4.79 Å². The highest BCUT2D eigenvalue weighted by Gasteiger charge is 2.10. The second-order valence-electron chi connectivity index (χ2n) is 3.25. The van der Waals surface area contributed by atoms with Crippen LogP contribution >= 0.6 is 11.6 Å². The van der Waals surface area contributed by atoms with Crippen LogP contribution in [-0.4, -0.2) is 31.3 Å². The Balaban J connectivity index is 2.55. The van der Waals surface area contributed by atoms with Crippen LogP contribution in [0, 0.1) is 0 Å². The van der Waals surface area contributed by atoms with Gasteiger partial charge in [0.15, 0.2) is 0 Å². The minimum atomic E-state index is -1.65. The van der Waals surface area contributed by atoms with Gasteiger partial charge in [0.25, 0.3) is 0 Å². The summed E-state index contributed by atoms with van der Waals surface area (Å²) in [5.74, 6) is -2.95. The average Bonchev–Trinajstić information content (AvgIpc) is 2.82. The van der Waals surface area contributed by atoms with E-state index in [2.05, 4.69) is 15.5 Å². The molecule has 0 fully saturated rings. The fourth-order valence-corrected chi connectivity index (χ4v) is 1.50. The first-order valence-electron chi connectivity index (χ1n) is 4.71. The predicted octanol–water partition coefficient (Wildman–Crippen LogP) is 1.71. The Bertz CT molecular complexity index is 612. The number of benzene rings is 1. The number of halogens is 2. The smallest absolute Gasteiger partial charge is 0.364 e. The number of aromatic nitrogens is 4. The third-order valence-corrected chi connectivity index (χ3v) is 2.31. The normalized spacial score (nSPS) is 11.6. The number of tetrazole rings is 1. The van der Waals surface area contributed by atoms with E-state index in [9.17, 15) is 9.18 Å². The molecular weight excluding hydrogens is 263 g/mol. The number of nitrogens with zero attached hydrogens (tertiary/aromatic N) is 4. The van der Waals surface area contributed by atoms with Crippen molar-refractivity contribution in [3.8, 4) is 5.69 Å². The van der Waals surface area contributed by atoms with Crippen molar-refractivity contribution >= 4 is 23.6 Å². The number of rotatable bonds is 3. The second kappa shape index (κ2) is 4.92. The van der Waals surface area contributed by atoms with Gasteiger partial charge in [0, 0.05) is 10.6 Å². The molecular formula is C10H6ClFN4O2. The van der Waals surface area contributed by atoms with E-state index < -0.39 is 11.8 Å². The summed E-state index contributed by atoms with van der Waals surface area (Å²) in [5, 5.41) is 19.4. The first kappa shape index (κ1) is 12.2. The number of carboxylic acids is 1. The van der Waals surface area contributed by atoms with E-state index in [1.54, 1.807) is 12.1 Å². The van der Waals surface area contributed by atoms with E-state index >= 15 is 0 Å². The average molecular weight is 269 g/mol. The Morgan fingerprint density at radius 1 is 1.50 bits per heavy atom. The van der Waals surface area contributed by atoms with Crippen LogP contribution in [0.5, 0.6) is 0 Å². The maximum atomic E-state index is 13.1. The molecule has 0 atom stereocenters. The number of aliphatic carboxylic acids is 1. The van der Waals surface area contributed by atoms with Gasteiger partial charge in [-0.3, -0.25) is 0 Å². The zero-order chi connectivity index (χ0) is 13.1. The molecule has 1 aromatic carbocycles.